The van der Waals surface area contributed by atoms with E-state index in [0.717, 1.165) is 96.0 Å². The number of hydrogen-bond acceptors (Lipinski definition) is 6. The van der Waals surface area contributed by atoms with Crippen LogP contribution in [0, 0.1) is 17.8 Å². The number of nitrogens with one attached hydrogen (secondary N) is 3. The van der Waals surface area contributed by atoms with Crippen LogP contribution < -0.4 is 5.32 Å². The molecule has 4 unspecified atom stereocenters. The van der Waals surface area contributed by atoms with Gasteiger partial charge in [-0.2, -0.15) is 0 Å². The Morgan fingerprint density at radius 1 is 0.629 bits per heavy atom. The highest BCUT2D eigenvalue weighted by Gasteiger charge is 2.39. The van der Waals surface area contributed by atoms with Gasteiger partial charge >= 0.3 is 0 Å². The molecule has 314 valence electrons. The zero-order valence-corrected chi connectivity index (χ0v) is 35.2. The molecule has 3 aliphatic heterocycles. The van der Waals surface area contributed by atoms with Gasteiger partial charge in [-0.1, -0.05) is 96.8 Å². The van der Waals surface area contributed by atoms with E-state index in [-0.39, 0.29) is 23.8 Å². The third-order valence-corrected chi connectivity index (χ3v) is 13.3. The summed E-state index contributed by atoms with van der Waals surface area (Å²) < 4.78 is 0. The smallest absolute Gasteiger partial charge is 0.250 e. The van der Waals surface area contributed by atoms with Gasteiger partial charge in [-0.05, 0) is 118 Å². The number of likely N-dealkylation sites (tertiary alicyclic amines) is 3. The number of benzene rings is 4. The number of imidazole rings is 2. The van der Waals surface area contributed by atoms with Crippen molar-refractivity contribution >= 4 is 11.8 Å². The maximum atomic E-state index is 14.1. The SMILES string of the molecule is O=C(NC(C(=O)N1CCCC1c1ncc(-c2ccc(C#Cc3ccc(-c4cnc(C5CCCN5CC(c5ccccc5)N5CCCC5)[nH]4)cc3)cc2)[nH]1)c1ccccc1)C1CC1. The molecule has 10 heteroatoms. The van der Waals surface area contributed by atoms with E-state index < -0.39 is 6.04 Å². The van der Waals surface area contributed by atoms with E-state index in [1.54, 1.807) is 0 Å². The minimum atomic E-state index is -0.715. The molecule has 0 bridgehead atoms. The first kappa shape index (κ1) is 39.8. The van der Waals surface area contributed by atoms with Gasteiger partial charge in [0, 0.05) is 36.2 Å². The second-order valence-electron chi connectivity index (χ2n) is 17.4. The van der Waals surface area contributed by atoms with E-state index in [2.05, 4.69) is 104 Å². The lowest BCUT2D eigenvalue weighted by molar-refractivity contribution is -0.137. The topological polar surface area (TPSA) is 113 Å². The third-order valence-electron chi connectivity index (χ3n) is 13.3. The Morgan fingerprint density at radius 2 is 1.18 bits per heavy atom. The number of nitrogens with zero attached hydrogens (tertiary/aromatic N) is 5. The molecule has 10 rings (SSSR count). The van der Waals surface area contributed by atoms with E-state index >= 15 is 0 Å². The lowest BCUT2D eigenvalue weighted by Crippen LogP contribution is -2.43. The van der Waals surface area contributed by atoms with E-state index in [4.69, 9.17) is 9.97 Å². The summed E-state index contributed by atoms with van der Waals surface area (Å²) in [4.78, 5) is 51.0. The van der Waals surface area contributed by atoms with Gasteiger partial charge in [-0.3, -0.25) is 19.4 Å². The fourth-order valence-electron chi connectivity index (χ4n) is 9.67. The van der Waals surface area contributed by atoms with Crippen LogP contribution in [-0.2, 0) is 9.59 Å². The van der Waals surface area contributed by atoms with Gasteiger partial charge in [-0.15, -0.1) is 0 Å². The van der Waals surface area contributed by atoms with Crippen molar-refractivity contribution in [3.8, 4) is 34.4 Å². The van der Waals surface area contributed by atoms with Gasteiger partial charge in [0.1, 0.15) is 17.7 Å². The van der Waals surface area contributed by atoms with E-state index in [0.29, 0.717) is 18.6 Å². The van der Waals surface area contributed by atoms with Crippen molar-refractivity contribution < 1.29 is 9.59 Å². The number of H-pyrrole nitrogens is 2. The van der Waals surface area contributed by atoms with E-state index in [9.17, 15) is 9.59 Å². The summed E-state index contributed by atoms with van der Waals surface area (Å²) in [5, 5.41) is 3.06. The average Bonchev–Trinajstić information content (AvgIpc) is 3.96. The standard InChI is InChI=1S/C52H54N8O2/c61-51(42-27-28-42)57-48(41-13-5-2-6-14-41)52(62)60-32-10-16-46(60)50-54-34-44(56-50)39-25-21-37(22-26-39)18-17-36-19-23-38(24-20-36)43-33-53-49(55-43)45-15-9-31-59(45)35-47(58-29-7-8-30-58)40-11-3-1-4-12-40/h1-6,11-14,19-26,33-34,42,45-48H,7-10,15-16,27-32,35H2,(H,53,55)(H,54,56)(H,57,61). The number of carbonyl (C=O) groups is 2. The van der Waals surface area contributed by atoms with E-state index in [1.165, 1.54) is 37.9 Å². The van der Waals surface area contributed by atoms with Crippen molar-refractivity contribution in [1.82, 2.24) is 40.0 Å². The minimum absolute atomic E-state index is 0.0140. The summed E-state index contributed by atoms with van der Waals surface area (Å²) >= 11 is 0. The third kappa shape index (κ3) is 8.74. The molecule has 6 aromatic rings. The molecule has 4 aliphatic rings. The van der Waals surface area contributed by atoms with Crippen molar-refractivity contribution in [3.05, 3.63) is 155 Å². The second-order valence-corrected chi connectivity index (χ2v) is 17.4. The molecule has 5 heterocycles. The summed E-state index contributed by atoms with van der Waals surface area (Å²) in [6, 6.07) is 37.0. The van der Waals surface area contributed by atoms with Gasteiger partial charge in [0.15, 0.2) is 0 Å². The second kappa shape index (κ2) is 18.0. The highest BCUT2D eigenvalue weighted by atomic mass is 16.2. The largest absolute Gasteiger partial charge is 0.341 e. The van der Waals surface area contributed by atoms with Crippen LogP contribution in [0.5, 0.6) is 0 Å². The fraction of sp³-hybridized carbons (Fsp3) is 0.346. The molecule has 62 heavy (non-hydrogen) atoms. The fourth-order valence-corrected chi connectivity index (χ4v) is 9.67. The molecule has 0 spiro atoms. The van der Waals surface area contributed by atoms with Crippen LogP contribution in [0.2, 0.25) is 0 Å². The number of hydrogen-bond donors (Lipinski definition) is 3. The quantitative estimate of drug-likeness (QED) is 0.107. The number of amides is 2. The summed E-state index contributed by atoms with van der Waals surface area (Å²) in [7, 11) is 0. The Balaban J connectivity index is 0.770. The molecule has 4 fully saturated rings. The highest BCUT2D eigenvalue weighted by molar-refractivity contribution is 5.90. The number of aromatic amines is 2. The van der Waals surface area contributed by atoms with Crippen molar-refractivity contribution in [2.24, 2.45) is 5.92 Å². The van der Waals surface area contributed by atoms with Crippen molar-refractivity contribution in [1.29, 1.82) is 0 Å². The molecule has 4 aromatic carbocycles. The Hall–Kier alpha value is -6.28. The predicted octanol–water partition coefficient (Wildman–Crippen LogP) is 8.77. The van der Waals surface area contributed by atoms with Crippen LogP contribution in [0.25, 0.3) is 22.5 Å². The molecule has 2 amide bonds. The molecule has 3 N–H and O–H groups in total. The van der Waals surface area contributed by atoms with Gasteiger partial charge in [-0.25, -0.2) is 9.97 Å². The van der Waals surface area contributed by atoms with Gasteiger partial charge in [0.25, 0.3) is 0 Å². The normalized spacial score (nSPS) is 20.2. The summed E-state index contributed by atoms with van der Waals surface area (Å²) in [6.07, 6.45) is 12.1. The Labute approximate surface area is 364 Å². The maximum Gasteiger partial charge on any atom is 0.250 e. The van der Waals surface area contributed by atoms with Crippen molar-refractivity contribution in [2.75, 3.05) is 32.7 Å². The summed E-state index contributed by atoms with van der Waals surface area (Å²) in [5.74, 6) is 8.37. The number of carbonyl (C=O) groups excluding carboxylic acids is 2. The molecule has 10 nitrogen and oxygen atoms in total. The van der Waals surface area contributed by atoms with Gasteiger partial charge in [0.05, 0.1) is 35.9 Å². The summed E-state index contributed by atoms with van der Waals surface area (Å²) in [6.45, 7) is 5.10. The molecule has 0 radical (unpaired) electrons. The molecule has 1 aliphatic carbocycles. The van der Waals surface area contributed by atoms with Gasteiger partial charge < -0.3 is 20.2 Å². The Bertz CT molecular complexity index is 2530. The van der Waals surface area contributed by atoms with Crippen LogP contribution in [0.15, 0.2) is 122 Å². The lowest BCUT2D eigenvalue weighted by atomic mass is 10.0. The van der Waals surface area contributed by atoms with Crippen LogP contribution in [-0.4, -0.2) is 79.2 Å². The Morgan fingerprint density at radius 3 is 1.77 bits per heavy atom. The average molecular weight is 823 g/mol. The maximum absolute atomic E-state index is 14.1. The zero-order valence-electron chi connectivity index (χ0n) is 35.2. The van der Waals surface area contributed by atoms with Gasteiger partial charge in [0.2, 0.25) is 11.8 Å². The van der Waals surface area contributed by atoms with Crippen LogP contribution in [0.1, 0.15) is 109 Å². The first-order valence-corrected chi connectivity index (χ1v) is 22.6. The molecule has 4 atom stereocenters. The lowest BCUT2D eigenvalue weighted by Gasteiger charge is -2.34. The molecular weight excluding hydrogens is 769 g/mol. The first-order chi connectivity index (χ1) is 30.5. The molecule has 3 saturated heterocycles. The number of rotatable bonds is 12. The summed E-state index contributed by atoms with van der Waals surface area (Å²) in [5.41, 5.74) is 8.09. The van der Waals surface area contributed by atoms with Crippen LogP contribution in [0.4, 0.5) is 0 Å². The number of aromatic nitrogens is 4. The monoisotopic (exact) mass is 822 g/mol. The zero-order chi connectivity index (χ0) is 41.8. The van der Waals surface area contributed by atoms with E-state index in [1.807, 2.05) is 59.8 Å². The van der Waals surface area contributed by atoms with Crippen LogP contribution in [0.3, 0.4) is 0 Å². The predicted molar refractivity (Wildman–Crippen MR) is 241 cm³/mol. The van der Waals surface area contributed by atoms with Crippen molar-refractivity contribution in [2.45, 2.75) is 75.5 Å². The minimum Gasteiger partial charge on any atom is -0.341 e. The Kier molecular flexibility index (Phi) is 11.6. The molecule has 1 saturated carbocycles. The highest BCUT2D eigenvalue weighted by Crippen LogP contribution is 2.37. The molecule has 2 aromatic heterocycles. The van der Waals surface area contributed by atoms with Crippen molar-refractivity contribution in [3.63, 3.8) is 0 Å². The van der Waals surface area contributed by atoms with Crippen LogP contribution >= 0.6 is 0 Å². The first-order valence-electron chi connectivity index (χ1n) is 22.6. The molecular formula is C52H54N8O2.